The first kappa shape index (κ1) is 18.7. The van der Waals surface area contributed by atoms with Gasteiger partial charge in [-0.1, -0.05) is 31.9 Å². The third-order valence-electron chi connectivity index (χ3n) is 3.48. The van der Waals surface area contributed by atoms with Gasteiger partial charge in [0.15, 0.2) is 5.11 Å². The monoisotopic (exact) mass is 360 g/mol. The summed E-state index contributed by atoms with van der Waals surface area (Å²) < 4.78 is 5.28. The summed E-state index contributed by atoms with van der Waals surface area (Å²) in [5.41, 5.74) is 1.37. The molecular weight excluding hydrogens is 340 g/mol. The zero-order valence-corrected chi connectivity index (χ0v) is 14.7. The highest BCUT2D eigenvalue weighted by molar-refractivity contribution is 7.80. The van der Waals surface area contributed by atoms with Crippen molar-refractivity contribution >= 4 is 34.9 Å². The van der Waals surface area contributed by atoms with Crippen LogP contribution in [0.3, 0.4) is 0 Å². The number of benzene rings is 1. The molecule has 1 heterocycles. The Morgan fingerprint density at radius 3 is 2.68 bits per heavy atom. The number of thiocarbonyl (C=S) groups is 1. The fraction of sp³-hybridized carbons (Fsp3) is 0.278. The van der Waals surface area contributed by atoms with Crippen molar-refractivity contribution in [1.29, 1.82) is 0 Å². The van der Waals surface area contributed by atoms with E-state index in [4.69, 9.17) is 21.7 Å². The largest absolute Gasteiger partial charge is 0.475 e. The molecule has 1 amide bonds. The van der Waals surface area contributed by atoms with Gasteiger partial charge in [-0.3, -0.25) is 4.79 Å². The van der Waals surface area contributed by atoms with Gasteiger partial charge < -0.3 is 20.2 Å². The first-order chi connectivity index (χ1) is 12.0. The van der Waals surface area contributed by atoms with E-state index in [-0.39, 0.29) is 16.8 Å². The van der Waals surface area contributed by atoms with Crippen molar-refractivity contribution in [3.8, 4) is 11.3 Å². The van der Waals surface area contributed by atoms with Gasteiger partial charge in [-0.25, -0.2) is 4.79 Å². The lowest BCUT2D eigenvalue weighted by atomic mass is 10.1. The first-order valence-electron chi connectivity index (χ1n) is 8.04. The molecular formula is C18H20N2O4S. The van der Waals surface area contributed by atoms with Crippen molar-refractivity contribution in [3.05, 3.63) is 42.2 Å². The van der Waals surface area contributed by atoms with Gasteiger partial charge in [0.25, 0.3) is 0 Å². The molecule has 132 valence electrons. The van der Waals surface area contributed by atoms with Gasteiger partial charge in [-0.15, -0.1) is 0 Å². The number of carbonyl (C=O) groups is 2. The molecule has 0 saturated carbocycles. The van der Waals surface area contributed by atoms with E-state index < -0.39 is 5.97 Å². The first-order valence-corrected chi connectivity index (χ1v) is 8.45. The molecule has 6 nitrogen and oxygen atoms in total. The fourth-order valence-corrected chi connectivity index (χ4v) is 2.48. The van der Waals surface area contributed by atoms with Gasteiger partial charge in [-0.05, 0) is 42.9 Å². The third kappa shape index (κ3) is 5.72. The summed E-state index contributed by atoms with van der Waals surface area (Å²) in [4.78, 5) is 22.7. The number of carboxylic acid groups (broad SMARTS) is 1. The van der Waals surface area contributed by atoms with Crippen LogP contribution in [-0.4, -0.2) is 22.1 Å². The topological polar surface area (TPSA) is 91.6 Å². The maximum Gasteiger partial charge on any atom is 0.371 e. The van der Waals surface area contributed by atoms with Gasteiger partial charge in [0, 0.05) is 17.7 Å². The smallest absolute Gasteiger partial charge is 0.371 e. The van der Waals surface area contributed by atoms with E-state index in [0.717, 1.165) is 19.3 Å². The maximum atomic E-state index is 11.8. The molecule has 7 heteroatoms. The SMILES string of the molecule is CCCCCC(=O)NC(=S)Nc1cccc(-c2ccc(C(=O)O)o2)c1. The highest BCUT2D eigenvalue weighted by Crippen LogP contribution is 2.24. The van der Waals surface area contributed by atoms with Gasteiger partial charge in [0.1, 0.15) is 5.76 Å². The molecule has 3 N–H and O–H groups in total. The second-order valence-electron chi connectivity index (χ2n) is 5.51. The van der Waals surface area contributed by atoms with Crippen molar-refractivity contribution in [2.24, 2.45) is 0 Å². The minimum atomic E-state index is -1.12. The Bertz CT molecular complexity index is 770. The lowest BCUT2D eigenvalue weighted by molar-refractivity contribution is -0.119. The summed E-state index contributed by atoms with van der Waals surface area (Å²) in [7, 11) is 0. The van der Waals surface area contributed by atoms with Gasteiger partial charge >= 0.3 is 5.97 Å². The maximum absolute atomic E-state index is 11.8. The molecule has 0 fully saturated rings. The van der Waals surface area contributed by atoms with E-state index in [0.29, 0.717) is 23.4 Å². The number of hydrogen-bond donors (Lipinski definition) is 3. The Kier molecular flexibility index (Phi) is 6.71. The number of rotatable bonds is 7. The molecule has 0 aliphatic rings. The standard InChI is InChI=1S/C18H20N2O4S/c1-2-3-4-8-16(21)20-18(25)19-13-7-5-6-12(11-13)14-9-10-15(24-14)17(22)23/h5-7,9-11H,2-4,8H2,1H3,(H,22,23)(H2,19,20,21,25). The highest BCUT2D eigenvalue weighted by atomic mass is 32.1. The van der Waals surface area contributed by atoms with Crippen molar-refractivity contribution in [2.45, 2.75) is 32.6 Å². The summed E-state index contributed by atoms with van der Waals surface area (Å²) in [6, 6.07) is 10.1. The molecule has 2 rings (SSSR count). The third-order valence-corrected chi connectivity index (χ3v) is 3.69. The van der Waals surface area contributed by atoms with Crippen LogP contribution >= 0.6 is 12.2 Å². The number of anilines is 1. The molecule has 1 aromatic carbocycles. The minimum absolute atomic E-state index is 0.112. The second kappa shape index (κ2) is 8.98. The van der Waals surface area contributed by atoms with Crippen LogP contribution in [0.5, 0.6) is 0 Å². The second-order valence-corrected chi connectivity index (χ2v) is 5.92. The zero-order chi connectivity index (χ0) is 18.2. The van der Waals surface area contributed by atoms with Crippen molar-refractivity contribution in [1.82, 2.24) is 5.32 Å². The van der Waals surface area contributed by atoms with E-state index in [1.165, 1.54) is 6.07 Å². The van der Waals surface area contributed by atoms with Crippen molar-refractivity contribution < 1.29 is 19.1 Å². The molecule has 0 unspecified atom stereocenters. The van der Waals surface area contributed by atoms with E-state index >= 15 is 0 Å². The van der Waals surface area contributed by atoms with Crippen LogP contribution in [0.4, 0.5) is 5.69 Å². The Hall–Kier alpha value is -2.67. The summed E-state index contributed by atoms with van der Waals surface area (Å²) in [5.74, 6) is -0.912. The quantitative estimate of drug-likeness (QED) is 0.510. The van der Waals surface area contributed by atoms with Crippen LogP contribution in [0.25, 0.3) is 11.3 Å². The molecule has 0 spiro atoms. The number of amides is 1. The zero-order valence-electron chi connectivity index (χ0n) is 13.9. The average molecular weight is 360 g/mol. The molecule has 0 aliphatic heterocycles. The van der Waals surface area contributed by atoms with Gasteiger partial charge in [-0.2, -0.15) is 0 Å². The van der Waals surface area contributed by atoms with Crippen LogP contribution in [0, 0.1) is 0 Å². The van der Waals surface area contributed by atoms with Gasteiger partial charge in [0.05, 0.1) is 0 Å². The van der Waals surface area contributed by atoms with Crippen LogP contribution < -0.4 is 10.6 Å². The van der Waals surface area contributed by atoms with Crippen LogP contribution in [0.2, 0.25) is 0 Å². The molecule has 2 aromatic rings. The molecule has 1 aromatic heterocycles. The average Bonchev–Trinajstić information content (AvgIpc) is 3.05. The highest BCUT2D eigenvalue weighted by Gasteiger charge is 2.11. The molecule has 0 bridgehead atoms. The molecule has 0 aliphatic carbocycles. The van der Waals surface area contributed by atoms with E-state index in [2.05, 4.69) is 17.6 Å². The van der Waals surface area contributed by atoms with Crippen LogP contribution in [0.1, 0.15) is 43.2 Å². The Morgan fingerprint density at radius 2 is 2.00 bits per heavy atom. The number of nitrogens with one attached hydrogen (secondary N) is 2. The van der Waals surface area contributed by atoms with Crippen molar-refractivity contribution in [3.63, 3.8) is 0 Å². The Morgan fingerprint density at radius 1 is 1.20 bits per heavy atom. The number of aromatic carboxylic acids is 1. The molecule has 0 saturated heterocycles. The molecule has 25 heavy (non-hydrogen) atoms. The number of carboxylic acids is 1. The minimum Gasteiger partial charge on any atom is -0.475 e. The van der Waals surface area contributed by atoms with Crippen LogP contribution in [0.15, 0.2) is 40.8 Å². The molecule has 0 atom stereocenters. The molecule has 0 radical (unpaired) electrons. The fourth-order valence-electron chi connectivity index (χ4n) is 2.25. The Balaban J connectivity index is 1.97. The number of unbranched alkanes of at least 4 members (excludes halogenated alkanes) is 2. The predicted molar refractivity (Wildman–Crippen MR) is 99.6 cm³/mol. The number of furan rings is 1. The van der Waals surface area contributed by atoms with Crippen molar-refractivity contribution in [2.75, 3.05) is 5.32 Å². The van der Waals surface area contributed by atoms with E-state index in [9.17, 15) is 9.59 Å². The number of carbonyl (C=O) groups excluding carboxylic acids is 1. The summed E-state index contributed by atoms with van der Waals surface area (Å²) in [5, 5.41) is 14.7. The normalized spacial score (nSPS) is 10.3. The predicted octanol–water partition coefficient (Wildman–Crippen LogP) is 4.04. The van der Waals surface area contributed by atoms with E-state index in [1.54, 1.807) is 30.3 Å². The summed E-state index contributed by atoms with van der Waals surface area (Å²) in [6.45, 7) is 2.08. The van der Waals surface area contributed by atoms with Gasteiger partial charge in [0.2, 0.25) is 11.7 Å². The number of hydrogen-bond acceptors (Lipinski definition) is 4. The Labute approximate surface area is 151 Å². The lowest BCUT2D eigenvalue weighted by Crippen LogP contribution is -2.33. The van der Waals surface area contributed by atoms with E-state index in [1.807, 2.05) is 0 Å². The summed E-state index contributed by atoms with van der Waals surface area (Å²) >= 11 is 5.15. The lowest BCUT2D eigenvalue weighted by Gasteiger charge is -2.10. The van der Waals surface area contributed by atoms with Crippen LogP contribution in [-0.2, 0) is 4.79 Å². The summed E-state index contributed by atoms with van der Waals surface area (Å²) in [6.07, 6.45) is 3.35.